The van der Waals surface area contributed by atoms with E-state index in [-0.39, 0.29) is 11.9 Å². The van der Waals surface area contributed by atoms with Crippen LogP contribution in [0.5, 0.6) is 0 Å². The second kappa shape index (κ2) is 6.04. The molecule has 0 aliphatic carbocycles. The largest absolute Gasteiger partial charge is 0.371 e. The van der Waals surface area contributed by atoms with Crippen LogP contribution < -0.4 is 10.2 Å². The van der Waals surface area contributed by atoms with Crippen LogP contribution in [0.4, 0.5) is 5.69 Å². The maximum Gasteiger partial charge on any atom is 0.253 e. The molecule has 2 heterocycles. The quantitative estimate of drug-likeness (QED) is 0.910. The second-order valence-corrected chi connectivity index (χ2v) is 5.67. The van der Waals surface area contributed by atoms with Crippen molar-refractivity contribution in [2.24, 2.45) is 0 Å². The number of nitrogens with zero attached hydrogens (tertiary/aromatic N) is 1. The van der Waals surface area contributed by atoms with Gasteiger partial charge in [-0.15, -0.1) is 0 Å². The normalized spacial score (nSPS) is 16.0. The summed E-state index contributed by atoms with van der Waals surface area (Å²) in [6, 6.07) is 10.7. The number of aromatic nitrogens is 1. The van der Waals surface area contributed by atoms with Crippen LogP contribution in [-0.4, -0.2) is 30.0 Å². The van der Waals surface area contributed by atoms with Crippen LogP contribution in [0.15, 0.2) is 42.7 Å². The number of H-pyrrole nitrogens is 1. The van der Waals surface area contributed by atoms with Crippen molar-refractivity contribution in [2.75, 3.05) is 18.0 Å². The highest BCUT2D eigenvalue weighted by Crippen LogP contribution is 2.21. The number of aryl methyl sites for hydroxylation is 1. The molecule has 0 spiro atoms. The Kier molecular flexibility index (Phi) is 3.95. The second-order valence-electron chi connectivity index (χ2n) is 5.67. The molecule has 1 aliphatic rings. The number of nitrogens with one attached hydrogen (secondary N) is 2. The highest BCUT2D eigenvalue weighted by atomic mass is 16.1. The molecule has 4 nitrogen and oxygen atoms in total. The van der Waals surface area contributed by atoms with E-state index in [4.69, 9.17) is 0 Å². The number of rotatable bonds is 3. The molecule has 2 N–H and O–H groups in total. The van der Waals surface area contributed by atoms with Gasteiger partial charge >= 0.3 is 0 Å². The van der Waals surface area contributed by atoms with E-state index in [0.717, 1.165) is 25.9 Å². The summed E-state index contributed by atoms with van der Waals surface area (Å²) in [6.45, 7) is 4.09. The van der Waals surface area contributed by atoms with Gasteiger partial charge in [0.1, 0.15) is 0 Å². The average molecular weight is 283 g/mol. The Balaban J connectivity index is 1.54. The van der Waals surface area contributed by atoms with Gasteiger partial charge in [-0.05, 0) is 43.5 Å². The molecule has 1 fully saturated rings. The van der Waals surface area contributed by atoms with Gasteiger partial charge in [0, 0.05) is 37.2 Å². The van der Waals surface area contributed by atoms with Gasteiger partial charge in [0.15, 0.2) is 0 Å². The van der Waals surface area contributed by atoms with Crippen LogP contribution in [0.25, 0.3) is 0 Å². The topological polar surface area (TPSA) is 48.1 Å². The van der Waals surface area contributed by atoms with Gasteiger partial charge in [0.05, 0.1) is 5.56 Å². The minimum Gasteiger partial charge on any atom is -0.371 e. The van der Waals surface area contributed by atoms with Crippen molar-refractivity contribution in [2.45, 2.75) is 25.8 Å². The minimum atomic E-state index is 0.0188. The van der Waals surface area contributed by atoms with Gasteiger partial charge in [0.2, 0.25) is 0 Å². The Morgan fingerprint density at radius 1 is 1.29 bits per heavy atom. The molecule has 1 aromatic carbocycles. The summed E-state index contributed by atoms with van der Waals surface area (Å²) in [6.07, 6.45) is 5.49. The number of carbonyl (C=O) groups is 1. The smallest absolute Gasteiger partial charge is 0.253 e. The number of hydrogen-bond donors (Lipinski definition) is 2. The summed E-state index contributed by atoms with van der Waals surface area (Å²) in [7, 11) is 0. The predicted molar refractivity (Wildman–Crippen MR) is 84.7 cm³/mol. The van der Waals surface area contributed by atoms with Crippen LogP contribution in [0.2, 0.25) is 0 Å². The molecule has 0 saturated carbocycles. The zero-order chi connectivity index (χ0) is 14.7. The Hall–Kier alpha value is -2.23. The summed E-state index contributed by atoms with van der Waals surface area (Å²) in [5.74, 6) is 0.0188. The lowest BCUT2D eigenvalue weighted by atomic mass is 10.0. The van der Waals surface area contributed by atoms with E-state index in [0.29, 0.717) is 5.56 Å². The van der Waals surface area contributed by atoms with Crippen LogP contribution in [-0.2, 0) is 0 Å². The third-order valence-corrected chi connectivity index (χ3v) is 4.06. The first-order chi connectivity index (χ1) is 10.2. The molecule has 0 unspecified atom stereocenters. The molecule has 110 valence electrons. The van der Waals surface area contributed by atoms with Gasteiger partial charge in [-0.2, -0.15) is 0 Å². The summed E-state index contributed by atoms with van der Waals surface area (Å²) < 4.78 is 0. The molecule has 1 amide bonds. The molecule has 0 bridgehead atoms. The molecule has 2 aromatic rings. The highest BCUT2D eigenvalue weighted by Gasteiger charge is 2.21. The van der Waals surface area contributed by atoms with Crippen LogP contribution in [0, 0.1) is 6.92 Å². The van der Waals surface area contributed by atoms with Crippen LogP contribution in [0.3, 0.4) is 0 Å². The van der Waals surface area contributed by atoms with Crippen molar-refractivity contribution in [1.82, 2.24) is 10.3 Å². The number of hydrogen-bond acceptors (Lipinski definition) is 2. The Labute approximate surface area is 125 Å². The molecule has 1 aliphatic heterocycles. The molecular weight excluding hydrogens is 262 g/mol. The zero-order valence-corrected chi connectivity index (χ0v) is 12.3. The van der Waals surface area contributed by atoms with Gasteiger partial charge in [-0.3, -0.25) is 4.79 Å². The maximum atomic E-state index is 12.0. The highest BCUT2D eigenvalue weighted by molar-refractivity contribution is 5.94. The van der Waals surface area contributed by atoms with Crippen molar-refractivity contribution < 1.29 is 4.79 Å². The molecular formula is C17H21N3O. The maximum absolute atomic E-state index is 12.0. The molecule has 1 aromatic heterocycles. The molecule has 21 heavy (non-hydrogen) atoms. The molecule has 4 heteroatoms. The Morgan fingerprint density at radius 3 is 2.76 bits per heavy atom. The fourth-order valence-electron chi connectivity index (χ4n) is 2.84. The number of aromatic amines is 1. The SMILES string of the molecule is Cc1cccc(N2CCC(NC(=O)c3cc[nH]c3)CC2)c1. The van der Waals surface area contributed by atoms with E-state index >= 15 is 0 Å². The van der Waals surface area contributed by atoms with Gasteiger partial charge in [-0.1, -0.05) is 12.1 Å². The van der Waals surface area contributed by atoms with E-state index in [2.05, 4.69) is 46.4 Å². The fraction of sp³-hybridized carbons (Fsp3) is 0.353. The fourth-order valence-corrected chi connectivity index (χ4v) is 2.84. The van der Waals surface area contributed by atoms with E-state index < -0.39 is 0 Å². The van der Waals surface area contributed by atoms with E-state index in [1.54, 1.807) is 18.5 Å². The average Bonchev–Trinajstić information content (AvgIpc) is 3.02. The summed E-state index contributed by atoms with van der Waals surface area (Å²) in [4.78, 5) is 17.3. The number of carbonyl (C=O) groups excluding carboxylic acids is 1. The summed E-state index contributed by atoms with van der Waals surface area (Å²) in [5.41, 5.74) is 3.27. The lowest BCUT2D eigenvalue weighted by molar-refractivity contribution is 0.0931. The summed E-state index contributed by atoms with van der Waals surface area (Å²) >= 11 is 0. The molecule has 3 rings (SSSR count). The Morgan fingerprint density at radius 2 is 2.10 bits per heavy atom. The molecule has 1 saturated heterocycles. The first-order valence-electron chi connectivity index (χ1n) is 7.47. The standard InChI is InChI=1S/C17H21N3O/c1-13-3-2-4-16(11-13)20-9-6-15(7-10-20)19-17(21)14-5-8-18-12-14/h2-5,8,11-12,15,18H,6-7,9-10H2,1H3,(H,19,21). The van der Waals surface area contributed by atoms with Crippen LogP contribution >= 0.6 is 0 Å². The minimum absolute atomic E-state index is 0.0188. The van der Waals surface area contributed by atoms with Gasteiger partial charge in [-0.25, -0.2) is 0 Å². The molecule has 0 atom stereocenters. The number of anilines is 1. The third kappa shape index (κ3) is 3.27. The Bertz CT molecular complexity index is 598. The predicted octanol–water partition coefficient (Wildman–Crippen LogP) is 2.72. The van der Waals surface area contributed by atoms with E-state index in [9.17, 15) is 4.79 Å². The van der Waals surface area contributed by atoms with Crippen molar-refractivity contribution in [3.63, 3.8) is 0 Å². The van der Waals surface area contributed by atoms with Crippen LogP contribution in [0.1, 0.15) is 28.8 Å². The van der Waals surface area contributed by atoms with Crippen molar-refractivity contribution in [3.05, 3.63) is 53.9 Å². The zero-order valence-electron chi connectivity index (χ0n) is 12.3. The number of benzene rings is 1. The lowest BCUT2D eigenvalue weighted by Gasteiger charge is -2.34. The first-order valence-corrected chi connectivity index (χ1v) is 7.47. The third-order valence-electron chi connectivity index (χ3n) is 4.06. The monoisotopic (exact) mass is 283 g/mol. The van der Waals surface area contributed by atoms with E-state index in [1.165, 1.54) is 11.3 Å². The summed E-state index contributed by atoms with van der Waals surface area (Å²) in [5, 5.41) is 3.12. The van der Waals surface area contributed by atoms with Crippen molar-refractivity contribution >= 4 is 11.6 Å². The van der Waals surface area contributed by atoms with Gasteiger partial charge < -0.3 is 15.2 Å². The van der Waals surface area contributed by atoms with E-state index in [1.807, 2.05) is 0 Å². The number of amides is 1. The first kappa shape index (κ1) is 13.7. The number of piperidine rings is 1. The lowest BCUT2D eigenvalue weighted by Crippen LogP contribution is -2.44. The van der Waals surface area contributed by atoms with Crippen molar-refractivity contribution in [1.29, 1.82) is 0 Å². The van der Waals surface area contributed by atoms with Crippen molar-refractivity contribution in [3.8, 4) is 0 Å². The van der Waals surface area contributed by atoms with Gasteiger partial charge in [0.25, 0.3) is 5.91 Å². The molecule has 0 radical (unpaired) electrons.